The quantitative estimate of drug-likeness (QED) is 0.462. The van der Waals surface area contributed by atoms with Crippen molar-refractivity contribution in [3.8, 4) is 11.1 Å². The summed E-state index contributed by atoms with van der Waals surface area (Å²) in [6.07, 6.45) is 3.75. The SMILES string of the molecule is CCCS(=O)(=O)Nc1cccc(NC(=O)/C=C/c2cccc(-c3ccccc3)c2)c1C. The smallest absolute Gasteiger partial charge is 0.248 e. The van der Waals surface area contributed by atoms with Crippen molar-refractivity contribution in [2.45, 2.75) is 20.3 Å². The molecule has 6 heteroatoms. The van der Waals surface area contributed by atoms with Gasteiger partial charge in [-0.05, 0) is 59.9 Å². The summed E-state index contributed by atoms with van der Waals surface area (Å²) in [7, 11) is -3.40. The van der Waals surface area contributed by atoms with Gasteiger partial charge in [-0.1, -0.05) is 61.5 Å². The number of sulfonamides is 1. The van der Waals surface area contributed by atoms with Gasteiger partial charge in [0.15, 0.2) is 0 Å². The molecule has 0 aromatic heterocycles. The van der Waals surface area contributed by atoms with Crippen LogP contribution in [-0.2, 0) is 14.8 Å². The molecule has 0 saturated heterocycles. The van der Waals surface area contributed by atoms with Crippen LogP contribution in [0.3, 0.4) is 0 Å². The van der Waals surface area contributed by atoms with Gasteiger partial charge in [0.05, 0.1) is 11.4 Å². The second kappa shape index (κ2) is 10.1. The van der Waals surface area contributed by atoms with Gasteiger partial charge in [-0.15, -0.1) is 0 Å². The number of rotatable bonds is 8. The summed E-state index contributed by atoms with van der Waals surface area (Å²) in [5.74, 6) is -0.241. The van der Waals surface area contributed by atoms with Crippen LogP contribution in [0, 0.1) is 6.92 Å². The molecule has 160 valence electrons. The maximum Gasteiger partial charge on any atom is 0.248 e. The van der Waals surface area contributed by atoms with Gasteiger partial charge < -0.3 is 5.32 Å². The van der Waals surface area contributed by atoms with Crippen molar-refractivity contribution in [1.29, 1.82) is 0 Å². The lowest BCUT2D eigenvalue weighted by atomic mass is 10.0. The number of carbonyl (C=O) groups is 1. The summed E-state index contributed by atoms with van der Waals surface area (Å²) < 4.78 is 26.7. The molecule has 1 amide bonds. The van der Waals surface area contributed by atoms with Gasteiger partial charge in [0, 0.05) is 11.8 Å². The molecule has 0 atom stereocenters. The third-order valence-electron chi connectivity index (χ3n) is 4.75. The zero-order chi connectivity index (χ0) is 22.3. The molecule has 0 saturated carbocycles. The minimum absolute atomic E-state index is 0.0494. The van der Waals surface area contributed by atoms with Gasteiger partial charge >= 0.3 is 0 Å². The lowest BCUT2D eigenvalue weighted by Crippen LogP contribution is -2.17. The summed E-state index contributed by atoms with van der Waals surface area (Å²) in [4.78, 5) is 12.5. The van der Waals surface area contributed by atoms with Crippen molar-refractivity contribution in [2.75, 3.05) is 15.8 Å². The fourth-order valence-electron chi connectivity index (χ4n) is 3.17. The molecule has 31 heavy (non-hydrogen) atoms. The van der Waals surface area contributed by atoms with Crippen molar-refractivity contribution in [1.82, 2.24) is 0 Å². The van der Waals surface area contributed by atoms with Crippen LogP contribution in [-0.4, -0.2) is 20.1 Å². The molecule has 2 N–H and O–H groups in total. The molecule has 0 aliphatic carbocycles. The Labute approximate surface area is 183 Å². The number of carbonyl (C=O) groups excluding carboxylic acids is 1. The number of nitrogens with one attached hydrogen (secondary N) is 2. The Hall–Kier alpha value is -3.38. The van der Waals surface area contributed by atoms with E-state index in [1.165, 1.54) is 6.08 Å². The van der Waals surface area contributed by atoms with E-state index in [-0.39, 0.29) is 11.7 Å². The van der Waals surface area contributed by atoms with Crippen LogP contribution in [0.25, 0.3) is 17.2 Å². The summed E-state index contributed by atoms with van der Waals surface area (Å²) in [5.41, 5.74) is 4.78. The standard InChI is InChI=1S/C25H26N2O3S/c1-3-17-31(29,30)27-24-14-8-13-23(19(24)2)26-25(28)16-15-20-9-7-12-22(18-20)21-10-5-4-6-11-21/h4-16,18,27H,3,17H2,1-2H3,(H,26,28)/b16-15+. The molecule has 0 bridgehead atoms. The maximum absolute atomic E-state index is 12.5. The number of amides is 1. The summed E-state index contributed by atoms with van der Waals surface area (Å²) >= 11 is 0. The summed E-state index contributed by atoms with van der Waals surface area (Å²) in [5, 5.41) is 2.82. The predicted octanol–water partition coefficient (Wildman–Crippen LogP) is 5.47. The molecule has 0 spiro atoms. The van der Waals surface area contributed by atoms with E-state index in [4.69, 9.17) is 0 Å². The Balaban J connectivity index is 1.71. The largest absolute Gasteiger partial charge is 0.322 e. The first-order valence-corrected chi connectivity index (χ1v) is 11.8. The Morgan fingerprint density at radius 2 is 1.58 bits per heavy atom. The van der Waals surface area contributed by atoms with E-state index in [0.29, 0.717) is 23.4 Å². The van der Waals surface area contributed by atoms with Gasteiger partial charge in [-0.3, -0.25) is 9.52 Å². The molecular weight excluding hydrogens is 408 g/mol. The maximum atomic E-state index is 12.5. The van der Waals surface area contributed by atoms with Crippen LogP contribution in [0.1, 0.15) is 24.5 Å². The van der Waals surface area contributed by atoms with Gasteiger partial charge in [-0.25, -0.2) is 8.42 Å². The molecule has 0 unspecified atom stereocenters. The highest BCUT2D eigenvalue weighted by Crippen LogP contribution is 2.25. The normalized spacial score (nSPS) is 11.4. The third kappa shape index (κ3) is 6.30. The summed E-state index contributed by atoms with van der Waals surface area (Å²) in [6.45, 7) is 3.58. The first-order valence-electron chi connectivity index (χ1n) is 10.1. The Kier molecular flexibility index (Phi) is 7.26. The van der Waals surface area contributed by atoms with E-state index in [9.17, 15) is 13.2 Å². The zero-order valence-electron chi connectivity index (χ0n) is 17.6. The zero-order valence-corrected chi connectivity index (χ0v) is 18.4. The van der Waals surface area contributed by atoms with Gasteiger partial charge in [0.25, 0.3) is 0 Å². The molecule has 0 heterocycles. The van der Waals surface area contributed by atoms with Crippen LogP contribution in [0.5, 0.6) is 0 Å². The van der Waals surface area contributed by atoms with E-state index in [2.05, 4.69) is 10.0 Å². The van der Waals surface area contributed by atoms with E-state index >= 15 is 0 Å². The average molecular weight is 435 g/mol. The minimum atomic E-state index is -3.40. The van der Waals surface area contributed by atoms with E-state index in [1.807, 2.05) is 61.5 Å². The molecule has 0 aliphatic rings. The summed E-state index contributed by atoms with van der Waals surface area (Å²) in [6, 6.07) is 23.1. The number of anilines is 2. The first-order chi connectivity index (χ1) is 14.9. The second-order valence-corrected chi connectivity index (χ2v) is 9.06. The Morgan fingerprint density at radius 3 is 2.32 bits per heavy atom. The molecule has 3 rings (SSSR count). The van der Waals surface area contributed by atoms with Crippen molar-refractivity contribution in [2.24, 2.45) is 0 Å². The van der Waals surface area contributed by atoms with Gasteiger partial charge in [-0.2, -0.15) is 0 Å². The molecule has 0 aliphatic heterocycles. The highest BCUT2D eigenvalue weighted by Gasteiger charge is 2.12. The van der Waals surface area contributed by atoms with E-state index in [1.54, 1.807) is 31.2 Å². The van der Waals surface area contributed by atoms with Crippen molar-refractivity contribution in [3.05, 3.63) is 90.0 Å². The van der Waals surface area contributed by atoms with Crippen molar-refractivity contribution < 1.29 is 13.2 Å². The van der Waals surface area contributed by atoms with Gasteiger partial charge in [0.2, 0.25) is 15.9 Å². The van der Waals surface area contributed by atoms with Crippen LogP contribution in [0.15, 0.2) is 78.9 Å². The number of hydrogen-bond donors (Lipinski definition) is 2. The molecule has 0 fully saturated rings. The predicted molar refractivity (Wildman–Crippen MR) is 128 cm³/mol. The molecule has 3 aromatic carbocycles. The van der Waals surface area contributed by atoms with Crippen LogP contribution < -0.4 is 10.0 Å². The van der Waals surface area contributed by atoms with Crippen molar-refractivity contribution in [3.63, 3.8) is 0 Å². The molecular formula is C25H26N2O3S. The van der Waals surface area contributed by atoms with Crippen LogP contribution in [0.2, 0.25) is 0 Å². The average Bonchev–Trinajstić information content (AvgIpc) is 2.76. The lowest BCUT2D eigenvalue weighted by molar-refractivity contribution is -0.111. The molecule has 3 aromatic rings. The van der Waals surface area contributed by atoms with Crippen LogP contribution >= 0.6 is 0 Å². The lowest BCUT2D eigenvalue weighted by Gasteiger charge is -2.13. The third-order valence-corrected chi connectivity index (χ3v) is 6.23. The van der Waals surface area contributed by atoms with Crippen molar-refractivity contribution >= 4 is 33.4 Å². The Morgan fingerprint density at radius 1 is 0.903 bits per heavy atom. The first kappa shape index (κ1) is 22.3. The fourth-order valence-corrected chi connectivity index (χ4v) is 4.36. The fraction of sp³-hybridized carbons (Fsp3) is 0.160. The number of hydrogen-bond acceptors (Lipinski definition) is 3. The topological polar surface area (TPSA) is 75.3 Å². The second-order valence-electron chi connectivity index (χ2n) is 7.21. The minimum Gasteiger partial charge on any atom is -0.322 e. The highest BCUT2D eigenvalue weighted by molar-refractivity contribution is 7.92. The monoisotopic (exact) mass is 434 g/mol. The van der Waals surface area contributed by atoms with E-state index < -0.39 is 10.0 Å². The van der Waals surface area contributed by atoms with Gasteiger partial charge in [0.1, 0.15) is 0 Å². The van der Waals surface area contributed by atoms with Crippen LogP contribution in [0.4, 0.5) is 11.4 Å². The molecule has 0 radical (unpaired) electrons. The molecule has 5 nitrogen and oxygen atoms in total. The highest BCUT2D eigenvalue weighted by atomic mass is 32.2. The Bertz CT molecular complexity index is 1190. The number of benzene rings is 3. The van der Waals surface area contributed by atoms with E-state index in [0.717, 1.165) is 16.7 Å².